The summed E-state index contributed by atoms with van der Waals surface area (Å²) in [5, 5.41) is 5.04. The van der Waals surface area contributed by atoms with Crippen LogP contribution in [0, 0.1) is 18.7 Å². The summed E-state index contributed by atoms with van der Waals surface area (Å²) in [6.07, 6.45) is 3.65. The number of piperidine rings is 1. The Kier molecular flexibility index (Phi) is 8.00. The first-order valence-corrected chi connectivity index (χ1v) is 11.3. The molecule has 8 heteroatoms. The van der Waals surface area contributed by atoms with E-state index in [4.69, 9.17) is 11.6 Å². The highest BCUT2D eigenvalue weighted by atomic mass is 35.5. The van der Waals surface area contributed by atoms with Crippen molar-refractivity contribution in [2.24, 2.45) is 5.92 Å². The van der Waals surface area contributed by atoms with Gasteiger partial charge >= 0.3 is 0 Å². The van der Waals surface area contributed by atoms with Gasteiger partial charge in [-0.2, -0.15) is 5.10 Å². The van der Waals surface area contributed by atoms with E-state index in [-0.39, 0.29) is 24.1 Å². The molecule has 31 heavy (non-hydrogen) atoms. The second-order valence-corrected chi connectivity index (χ2v) is 8.99. The fraction of sp³-hybridized carbons (Fsp3) is 0.565. The number of aromatic nitrogens is 2. The molecule has 2 aliphatic heterocycles. The van der Waals surface area contributed by atoms with E-state index in [1.807, 2.05) is 16.5 Å². The molecule has 0 atom stereocenters. The molecule has 0 unspecified atom stereocenters. The highest BCUT2D eigenvalue weighted by molar-refractivity contribution is 6.30. The number of hydrogen-bond acceptors (Lipinski definition) is 3. The van der Waals surface area contributed by atoms with Crippen molar-refractivity contribution in [2.45, 2.75) is 52.6 Å². The monoisotopic (exact) mass is 468 g/mol. The largest absolute Gasteiger partial charge is 0.336 e. The lowest BCUT2D eigenvalue weighted by molar-refractivity contribution is -0.133. The third kappa shape index (κ3) is 5.41. The van der Waals surface area contributed by atoms with Crippen molar-refractivity contribution in [3.8, 4) is 0 Å². The smallest absolute Gasteiger partial charge is 0.223 e. The average Bonchev–Trinajstić information content (AvgIpc) is 3.05. The van der Waals surface area contributed by atoms with Crippen molar-refractivity contribution in [1.29, 1.82) is 0 Å². The minimum Gasteiger partial charge on any atom is -0.336 e. The molecule has 0 saturated carbocycles. The molecule has 0 radical (unpaired) electrons. The van der Waals surface area contributed by atoms with E-state index < -0.39 is 0 Å². The zero-order chi connectivity index (χ0) is 21.3. The predicted molar refractivity (Wildman–Crippen MR) is 123 cm³/mol. The number of nitrogens with zero attached hydrogens (tertiary/aromatic N) is 4. The summed E-state index contributed by atoms with van der Waals surface area (Å²) in [6.45, 7) is 9.10. The van der Waals surface area contributed by atoms with Crippen LogP contribution in [0.5, 0.6) is 0 Å². The Morgan fingerprint density at radius 2 is 2.00 bits per heavy atom. The topological polar surface area (TPSA) is 41.4 Å². The summed E-state index contributed by atoms with van der Waals surface area (Å²) >= 11 is 5.88. The lowest BCUT2D eigenvalue weighted by Gasteiger charge is -2.33. The Morgan fingerprint density at radius 1 is 1.26 bits per heavy atom. The molecule has 170 valence electrons. The standard InChI is InChI=1S/C23H30ClFN4O.ClH/c1-3-27-9-6-17(7-10-27)12-23(30)28-11-8-20-16(2)26-29(22(20)15-28)14-18-4-5-19(24)13-21(18)25;/h4-5,13,17H,3,6-12,14-15H2,1-2H3;1H. The maximum atomic E-state index is 14.3. The minimum absolute atomic E-state index is 0. The molecular weight excluding hydrogens is 438 g/mol. The van der Waals surface area contributed by atoms with Gasteiger partial charge in [-0.1, -0.05) is 24.6 Å². The molecule has 1 aromatic heterocycles. The molecule has 3 heterocycles. The highest BCUT2D eigenvalue weighted by Gasteiger charge is 2.29. The van der Waals surface area contributed by atoms with Gasteiger partial charge in [0, 0.05) is 23.6 Å². The van der Waals surface area contributed by atoms with Crippen LogP contribution in [0.2, 0.25) is 5.02 Å². The number of carbonyl (C=O) groups excluding carboxylic acids is 1. The van der Waals surface area contributed by atoms with Crippen molar-refractivity contribution >= 4 is 29.9 Å². The number of likely N-dealkylation sites (tertiary alicyclic amines) is 1. The number of halogens is 3. The lowest BCUT2D eigenvalue weighted by atomic mass is 9.92. The van der Waals surface area contributed by atoms with Crippen molar-refractivity contribution in [1.82, 2.24) is 19.6 Å². The van der Waals surface area contributed by atoms with Crippen LogP contribution < -0.4 is 0 Å². The Bertz CT molecular complexity index is 925. The maximum Gasteiger partial charge on any atom is 0.223 e. The molecule has 2 aliphatic rings. The van der Waals surface area contributed by atoms with E-state index in [1.54, 1.807) is 12.1 Å². The fourth-order valence-electron chi connectivity index (χ4n) is 4.71. The molecule has 4 rings (SSSR count). The van der Waals surface area contributed by atoms with Gasteiger partial charge < -0.3 is 9.80 Å². The first-order chi connectivity index (χ1) is 14.4. The SMILES string of the molecule is CCN1CCC(CC(=O)N2CCc3c(C)nn(Cc4ccc(Cl)cc4F)c3C2)CC1.Cl. The zero-order valence-corrected chi connectivity index (χ0v) is 19.8. The molecule has 5 nitrogen and oxygen atoms in total. The van der Waals surface area contributed by atoms with Gasteiger partial charge in [0.1, 0.15) is 5.82 Å². The van der Waals surface area contributed by atoms with Crippen LogP contribution in [-0.4, -0.2) is 51.7 Å². The first kappa shape index (κ1) is 24.0. The highest BCUT2D eigenvalue weighted by Crippen LogP contribution is 2.27. The van der Waals surface area contributed by atoms with Crippen molar-refractivity contribution in [2.75, 3.05) is 26.2 Å². The third-order valence-electron chi connectivity index (χ3n) is 6.65. The van der Waals surface area contributed by atoms with E-state index >= 15 is 0 Å². The number of benzene rings is 1. The molecular formula is C23H31Cl2FN4O. The van der Waals surface area contributed by atoms with Crippen LogP contribution in [0.1, 0.15) is 48.7 Å². The fourth-order valence-corrected chi connectivity index (χ4v) is 4.87. The number of amides is 1. The average molecular weight is 469 g/mol. The molecule has 0 spiro atoms. The zero-order valence-electron chi connectivity index (χ0n) is 18.2. The molecule has 1 saturated heterocycles. The van der Waals surface area contributed by atoms with Crippen LogP contribution in [0.15, 0.2) is 18.2 Å². The summed E-state index contributed by atoms with van der Waals surface area (Å²) in [4.78, 5) is 17.4. The summed E-state index contributed by atoms with van der Waals surface area (Å²) in [5.74, 6) is 0.391. The van der Waals surface area contributed by atoms with Gasteiger partial charge in [-0.15, -0.1) is 12.4 Å². The number of rotatable bonds is 5. The first-order valence-electron chi connectivity index (χ1n) is 10.9. The second kappa shape index (κ2) is 10.3. The van der Waals surface area contributed by atoms with Crippen LogP contribution >= 0.6 is 24.0 Å². The van der Waals surface area contributed by atoms with E-state index in [1.165, 1.54) is 11.6 Å². The van der Waals surface area contributed by atoms with Crippen LogP contribution in [0.3, 0.4) is 0 Å². The minimum atomic E-state index is -0.327. The summed E-state index contributed by atoms with van der Waals surface area (Å²) in [6, 6.07) is 4.73. The van der Waals surface area contributed by atoms with Gasteiger partial charge in [0.2, 0.25) is 5.91 Å². The molecule has 2 aromatic rings. The molecule has 1 fully saturated rings. The van der Waals surface area contributed by atoms with Gasteiger partial charge in [0.15, 0.2) is 0 Å². The second-order valence-electron chi connectivity index (χ2n) is 8.55. The number of carbonyl (C=O) groups is 1. The van der Waals surface area contributed by atoms with Gasteiger partial charge in [0.05, 0.1) is 24.5 Å². The van der Waals surface area contributed by atoms with E-state index in [2.05, 4.69) is 16.9 Å². The van der Waals surface area contributed by atoms with Crippen LogP contribution in [-0.2, 0) is 24.3 Å². The maximum absolute atomic E-state index is 14.3. The quantitative estimate of drug-likeness (QED) is 0.650. The Morgan fingerprint density at radius 3 is 2.68 bits per heavy atom. The number of aryl methyl sites for hydroxylation is 1. The molecule has 1 amide bonds. The van der Waals surface area contributed by atoms with Gasteiger partial charge in [-0.05, 0) is 69.4 Å². The van der Waals surface area contributed by atoms with Gasteiger partial charge in [0.25, 0.3) is 0 Å². The van der Waals surface area contributed by atoms with Gasteiger partial charge in [-0.25, -0.2) is 4.39 Å². The normalized spacial score (nSPS) is 17.4. The molecule has 1 aromatic carbocycles. The summed E-state index contributed by atoms with van der Waals surface area (Å²) < 4.78 is 16.2. The predicted octanol–water partition coefficient (Wildman–Crippen LogP) is 4.46. The van der Waals surface area contributed by atoms with Crippen molar-refractivity contribution in [3.63, 3.8) is 0 Å². The van der Waals surface area contributed by atoms with E-state index in [0.717, 1.165) is 56.8 Å². The van der Waals surface area contributed by atoms with Gasteiger partial charge in [-0.3, -0.25) is 9.48 Å². The Balaban J connectivity index is 0.00000272. The Hall–Kier alpha value is -1.63. The van der Waals surface area contributed by atoms with E-state index in [9.17, 15) is 9.18 Å². The molecule has 0 aliphatic carbocycles. The number of fused-ring (bicyclic) bond motifs is 1. The summed E-state index contributed by atoms with van der Waals surface area (Å²) in [5.41, 5.74) is 3.75. The lowest BCUT2D eigenvalue weighted by Crippen LogP contribution is -2.39. The number of hydrogen-bond donors (Lipinski definition) is 0. The van der Waals surface area contributed by atoms with E-state index in [0.29, 0.717) is 36.0 Å². The van der Waals surface area contributed by atoms with Crippen LogP contribution in [0.4, 0.5) is 4.39 Å². The molecule has 0 bridgehead atoms. The van der Waals surface area contributed by atoms with Crippen LogP contribution in [0.25, 0.3) is 0 Å². The van der Waals surface area contributed by atoms with Crippen molar-refractivity contribution in [3.05, 3.63) is 51.6 Å². The third-order valence-corrected chi connectivity index (χ3v) is 6.88. The Labute approximate surface area is 194 Å². The summed E-state index contributed by atoms with van der Waals surface area (Å²) in [7, 11) is 0. The molecule has 0 N–H and O–H groups in total. The van der Waals surface area contributed by atoms with Crippen molar-refractivity contribution < 1.29 is 9.18 Å².